The van der Waals surface area contributed by atoms with Crippen LogP contribution in [0.15, 0.2) is 23.4 Å². The Morgan fingerprint density at radius 3 is 3.00 bits per heavy atom. The van der Waals surface area contributed by atoms with Gasteiger partial charge < -0.3 is 10.4 Å². The van der Waals surface area contributed by atoms with Crippen LogP contribution in [0.1, 0.15) is 23.2 Å². The fourth-order valence-corrected chi connectivity index (χ4v) is 2.20. The molecule has 17 heavy (non-hydrogen) atoms. The van der Waals surface area contributed by atoms with Crippen molar-refractivity contribution in [1.29, 1.82) is 0 Å². The maximum Gasteiger partial charge on any atom is 0.254 e. The van der Waals surface area contributed by atoms with Gasteiger partial charge in [0.05, 0.1) is 12.2 Å². The number of aromatic nitrogens is 1. The first kappa shape index (κ1) is 12.4. The molecule has 5 heteroatoms. The molecule has 0 unspecified atom stereocenters. The molecule has 92 valence electrons. The number of nitrogens with zero attached hydrogens (tertiary/aromatic N) is 1. The Hall–Kier alpha value is -1.07. The summed E-state index contributed by atoms with van der Waals surface area (Å²) < 4.78 is 0. The number of rotatable bonds is 5. The molecule has 1 aliphatic rings. The van der Waals surface area contributed by atoms with Gasteiger partial charge in [-0.2, -0.15) is 0 Å². The van der Waals surface area contributed by atoms with E-state index in [1.54, 1.807) is 18.3 Å². The zero-order chi connectivity index (χ0) is 12.3. The second-order valence-electron chi connectivity index (χ2n) is 4.40. The monoisotopic (exact) mass is 252 g/mol. The largest absolute Gasteiger partial charge is 0.396 e. The summed E-state index contributed by atoms with van der Waals surface area (Å²) in [6.07, 6.45) is 5.56. The average molecular weight is 252 g/mol. The van der Waals surface area contributed by atoms with Crippen molar-refractivity contribution in [2.75, 3.05) is 19.4 Å². The summed E-state index contributed by atoms with van der Waals surface area (Å²) in [6.45, 7) is 0.695. The van der Waals surface area contributed by atoms with Gasteiger partial charge in [-0.3, -0.25) is 4.79 Å². The van der Waals surface area contributed by atoms with Crippen LogP contribution in [0.2, 0.25) is 0 Å². The number of amides is 1. The van der Waals surface area contributed by atoms with Crippen LogP contribution in [0.4, 0.5) is 0 Å². The van der Waals surface area contributed by atoms with Gasteiger partial charge in [-0.1, -0.05) is 0 Å². The highest BCUT2D eigenvalue weighted by Crippen LogP contribution is 2.44. The molecule has 0 aliphatic heterocycles. The molecule has 1 fully saturated rings. The summed E-state index contributed by atoms with van der Waals surface area (Å²) in [7, 11) is 0. The first-order chi connectivity index (χ1) is 8.21. The zero-order valence-corrected chi connectivity index (χ0v) is 10.6. The van der Waals surface area contributed by atoms with Crippen LogP contribution in [-0.2, 0) is 0 Å². The Balaban J connectivity index is 1.99. The molecule has 0 aromatic carbocycles. The lowest BCUT2D eigenvalue weighted by Crippen LogP contribution is -2.32. The van der Waals surface area contributed by atoms with E-state index in [4.69, 9.17) is 0 Å². The summed E-state index contributed by atoms with van der Waals surface area (Å²) in [5.41, 5.74) is 0.547. The van der Waals surface area contributed by atoms with E-state index in [-0.39, 0.29) is 17.9 Å². The maximum atomic E-state index is 12.0. The molecule has 0 atom stereocenters. The van der Waals surface area contributed by atoms with Crippen LogP contribution in [0.3, 0.4) is 0 Å². The van der Waals surface area contributed by atoms with E-state index in [0.29, 0.717) is 12.1 Å². The van der Waals surface area contributed by atoms with E-state index < -0.39 is 0 Å². The first-order valence-corrected chi connectivity index (χ1v) is 6.81. The second kappa shape index (κ2) is 5.06. The quantitative estimate of drug-likeness (QED) is 0.776. The molecule has 1 heterocycles. The van der Waals surface area contributed by atoms with Crippen molar-refractivity contribution in [2.24, 2.45) is 5.41 Å². The fraction of sp³-hybridized carbons (Fsp3) is 0.500. The summed E-state index contributed by atoms with van der Waals surface area (Å²) in [6, 6.07) is 3.53. The highest BCUT2D eigenvalue weighted by molar-refractivity contribution is 7.98. The van der Waals surface area contributed by atoms with Crippen LogP contribution >= 0.6 is 11.8 Å². The van der Waals surface area contributed by atoms with Gasteiger partial charge in [0.2, 0.25) is 0 Å². The van der Waals surface area contributed by atoms with Gasteiger partial charge in [0.1, 0.15) is 5.03 Å². The standard InChI is InChI=1S/C12H16N2O2S/c1-17-11-9(3-2-6-13-11)10(16)14-7-12(8-15)4-5-12/h2-3,6,15H,4-5,7-8H2,1H3,(H,14,16). The van der Waals surface area contributed by atoms with Crippen LogP contribution in [0.25, 0.3) is 0 Å². The smallest absolute Gasteiger partial charge is 0.254 e. The number of carbonyl (C=O) groups excluding carboxylic acids is 1. The normalized spacial score (nSPS) is 16.6. The molecule has 4 nitrogen and oxygen atoms in total. The van der Waals surface area contributed by atoms with E-state index >= 15 is 0 Å². The molecule has 1 saturated carbocycles. The summed E-state index contributed by atoms with van der Waals surface area (Å²) in [5.74, 6) is -0.109. The number of carbonyl (C=O) groups is 1. The van der Waals surface area contributed by atoms with Gasteiger partial charge in [-0.25, -0.2) is 4.98 Å². The third-order valence-corrected chi connectivity index (χ3v) is 3.84. The van der Waals surface area contributed by atoms with Crippen molar-refractivity contribution in [2.45, 2.75) is 17.9 Å². The van der Waals surface area contributed by atoms with Crippen molar-refractivity contribution in [3.05, 3.63) is 23.9 Å². The van der Waals surface area contributed by atoms with E-state index in [2.05, 4.69) is 10.3 Å². The number of nitrogens with one attached hydrogen (secondary N) is 1. The third kappa shape index (κ3) is 2.79. The number of aliphatic hydroxyl groups is 1. The molecule has 2 rings (SSSR count). The van der Waals surface area contributed by atoms with E-state index in [1.807, 2.05) is 6.26 Å². The molecule has 2 N–H and O–H groups in total. The lowest BCUT2D eigenvalue weighted by Gasteiger charge is -2.13. The molecule has 0 radical (unpaired) electrons. The molecule has 1 aromatic rings. The van der Waals surface area contributed by atoms with Gasteiger partial charge in [-0.15, -0.1) is 11.8 Å². The Kier molecular flexibility index (Phi) is 3.69. The molecule has 1 amide bonds. The Morgan fingerprint density at radius 1 is 1.65 bits per heavy atom. The topological polar surface area (TPSA) is 62.2 Å². The summed E-state index contributed by atoms with van der Waals surface area (Å²) in [4.78, 5) is 16.1. The van der Waals surface area contributed by atoms with Crippen LogP contribution in [0.5, 0.6) is 0 Å². The maximum absolute atomic E-state index is 12.0. The van der Waals surface area contributed by atoms with Gasteiger partial charge in [-0.05, 0) is 31.2 Å². The van der Waals surface area contributed by atoms with Crippen LogP contribution in [0, 0.1) is 5.41 Å². The fourth-order valence-electron chi connectivity index (χ4n) is 1.66. The number of hydrogen-bond acceptors (Lipinski definition) is 4. The SMILES string of the molecule is CSc1ncccc1C(=O)NCC1(CO)CC1. The van der Waals surface area contributed by atoms with Crippen molar-refractivity contribution < 1.29 is 9.90 Å². The van der Waals surface area contributed by atoms with Gasteiger partial charge >= 0.3 is 0 Å². The summed E-state index contributed by atoms with van der Waals surface area (Å²) >= 11 is 1.46. The molecule has 1 aromatic heterocycles. The number of thioether (sulfide) groups is 1. The van der Waals surface area contributed by atoms with Crippen LogP contribution < -0.4 is 5.32 Å². The molecule has 1 aliphatic carbocycles. The minimum atomic E-state index is -0.109. The van der Waals surface area contributed by atoms with Crippen molar-refractivity contribution in [3.63, 3.8) is 0 Å². The highest BCUT2D eigenvalue weighted by atomic mass is 32.2. The Morgan fingerprint density at radius 2 is 2.41 bits per heavy atom. The van der Waals surface area contributed by atoms with Crippen LogP contribution in [-0.4, -0.2) is 35.4 Å². The molecular formula is C12H16N2O2S. The Labute approximate surface area is 105 Å². The number of hydrogen-bond donors (Lipinski definition) is 2. The molecular weight excluding hydrogens is 236 g/mol. The molecule has 0 spiro atoms. The van der Waals surface area contributed by atoms with Crippen molar-refractivity contribution in [1.82, 2.24) is 10.3 Å². The zero-order valence-electron chi connectivity index (χ0n) is 9.77. The van der Waals surface area contributed by atoms with E-state index in [1.165, 1.54) is 11.8 Å². The molecule has 0 bridgehead atoms. The minimum absolute atomic E-state index is 0.0581. The number of pyridine rings is 1. The highest BCUT2D eigenvalue weighted by Gasteiger charge is 2.42. The Bertz CT molecular complexity index is 419. The second-order valence-corrected chi connectivity index (χ2v) is 5.20. The lowest BCUT2D eigenvalue weighted by molar-refractivity contribution is 0.0931. The van der Waals surface area contributed by atoms with Gasteiger partial charge in [0, 0.05) is 18.2 Å². The third-order valence-electron chi connectivity index (χ3n) is 3.13. The van der Waals surface area contributed by atoms with Gasteiger partial charge in [0.15, 0.2) is 0 Å². The average Bonchev–Trinajstić information content (AvgIpc) is 3.16. The molecule has 0 saturated heterocycles. The predicted octanol–water partition coefficient (Wildman–Crippen LogP) is 1.31. The number of aliphatic hydroxyl groups excluding tert-OH is 1. The predicted molar refractivity (Wildman–Crippen MR) is 67.1 cm³/mol. The van der Waals surface area contributed by atoms with Crippen molar-refractivity contribution >= 4 is 17.7 Å². The van der Waals surface area contributed by atoms with E-state index in [0.717, 1.165) is 17.9 Å². The van der Waals surface area contributed by atoms with Gasteiger partial charge in [0.25, 0.3) is 5.91 Å². The van der Waals surface area contributed by atoms with Crippen molar-refractivity contribution in [3.8, 4) is 0 Å². The first-order valence-electron chi connectivity index (χ1n) is 5.59. The minimum Gasteiger partial charge on any atom is -0.396 e. The van der Waals surface area contributed by atoms with E-state index in [9.17, 15) is 9.90 Å². The lowest BCUT2D eigenvalue weighted by atomic mass is 10.1. The summed E-state index contributed by atoms with van der Waals surface area (Å²) in [5, 5.41) is 12.8.